The summed E-state index contributed by atoms with van der Waals surface area (Å²) in [6.07, 6.45) is 1.80. The van der Waals surface area contributed by atoms with E-state index in [9.17, 15) is 4.79 Å². The molecule has 0 spiro atoms. The minimum absolute atomic E-state index is 0.250. The SMILES string of the molecule is Cc1cc(C=Nc2ccc(C(=O)O)cc2)c(C)n1-c1ccc(Cl)cc1. The molecule has 0 amide bonds. The van der Waals surface area contributed by atoms with Crippen molar-refractivity contribution in [2.45, 2.75) is 13.8 Å². The van der Waals surface area contributed by atoms with Gasteiger partial charge in [0.15, 0.2) is 0 Å². The van der Waals surface area contributed by atoms with Gasteiger partial charge in [0.1, 0.15) is 0 Å². The molecule has 0 bridgehead atoms. The van der Waals surface area contributed by atoms with Crippen molar-refractivity contribution in [2.24, 2.45) is 4.99 Å². The summed E-state index contributed by atoms with van der Waals surface area (Å²) in [5.41, 5.74) is 5.19. The number of carboxylic acid groups (broad SMARTS) is 1. The number of halogens is 1. The topological polar surface area (TPSA) is 54.6 Å². The van der Waals surface area contributed by atoms with Crippen molar-refractivity contribution in [3.05, 3.63) is 82.1 Å². The number of carbonyl (C=O) groups is 1. The third kappa shape index (κ3) is 3.64. The van der Waals surface area contributed by atoms with Crippen molar-refractivity contribution in [1.29, 1.82) is 0 Å². The lowest BCUT2D eigenvalue weighted by Gasteiger charge is -2.09. The minimum atomic E-state index is -0.943. The molecular formula is C20H17ClN2O2. The molecule has 1 heterocycles. The van der Waals surface area contributed by atoms with Crippen molar-refractivity contribution < 1.29 is 9.90 Å². The van der Waals surface area contributed by atoms with Crippen molar-refractivity contribution >= 4 is 29.5 Å². The first-order chi connectivity index (χ1) is 12.0. The Morgan fingerprint density at radius 3 is 2.32 bits per heavy atom. The predicted octanol–water partition coefficient (Wildman–Crippen LogP) is 5.20. The van der Waals surface area contributed by atoms with Gasteiger partial charge in [-0.05, 0) is 68.4 Å². The van der Waals surface area contributed by atoms with Crippen molar-refractivity contribution in [1.82, 2.24) is 4.57 Å². The Morgan fingerprint density at radius 1 is 1.08 bits per heavy atom. The van der Waals surface area contributed by atoms with Gasteiger partial charge in [0, 0.05) is 33.9 Å². The summed E-state index contributed by atoms with van der Waals surface area (Å²) in [6.45, 7) is 4.08. The van der Waals surface area contributed by atoms with E-state index in [1.165, 1.54) is 0 Å². The lowest BCUT2D eigenvalue weighted by atomic mass is 10.2. The highest BCUT2D eigenvalue weighted by atomic mass is 35.5. The first-order valence-electron chi connectivity index (χ1n) is 7.78. The molecule has 0 aliphatic heterocycles. The third-order valence-corrected chi connectivity index (χ3v) is 4.27. The molecule has 0 saturated heterocycles. The third-order valence-electron chi connectivity index (χ3n) is 4.02. The molecule has 0 atom stereocenters. The second-order valence-electron chi connectivity index (χ2n) is 5.75. The van der Waals surface area contributed by atoms with Gasteiger partial charge in [0.2, 0.25) is 0 Å². The van der Waals surface area contributed by atoms with E-state index in [2.05, 4.69) is 15.6 Å². The van der Waals surface area contributed by atoms with Gasteiger partial charge in [0.25, 0.3) is 0 Å². The van der Waals surface area contributed by atoms with Crippen LogP contribution in [0.2, 0.25) is 5.02 Å². The number of aliphatic imine (C=N–C) groups is 1. The maximum absolute atomic E-state index is 10.9. The minimum Gasteiger partial charge on any atom is -0.478 e. The number of nitrogens with zero attached hydrogens (tertiary/aromatic N) is 2. The second-order valence-corrected chi connectivity index (χ2v) is 6.18. The lowest BCUT2D eigenvalue weighted by molar-refractivity contribution is 0.0697. The smallest absolute Gasteiger partial charge is 0.335 e. The largest absolute Gasteiger partial charge is 0.478 e. The maximum atomic E-state index is 10.9. The molecule has 0 aliphatic carbocycles. The van der Waals surface area contributed by atoms with Gasteiger partial charge in [-0.3, -0.25) is 4.99 Å². The second kappa shape index (κ2) is 6.95. The predicted molar refractivity (Wildman–Crippen MR) is 101 cm³/mol. The fraction of sp³-hybridized carbons (Fsp3) is 0.100. The van der Waals surface area contributed by atoms with Gasteiger partial charge in [0.05, 0.1) is 11.3 Å². The summed E-state index contributed by atoms with van der Waals surface area (Å²) >= 11 is 5.96. The van der Waals surface area contributed by atoms with Crippen LogP contribution < -0.4 is 0 Å². The van der Waals surface area contributed by atoms with E-state index in [1.807, 2.05) is 38.1 Å². The molecule has 0 aliphatic rings. The van der Waals surface area contributed by atoms with E-state index in [4.69, 9.17) is 16.7 Å². The standard InChI is InChI=1S/C20H17ClN2O2/c1-13-11-16(12-22-18-7-3-15(4-8-18)20(24)25)14(2)23(13)19-9-5-17(21)6-10-19/h3-12H,1-2H3,(H,24,25). The Kier molecular flexibility index (Phi) is 4.72. The first-order valence-corrected chi connectivity index (χ1v) is 8.16. The number of benzene rings is 2. The zero-order valence-electron chi connectivity index (χ0n) is 13.9. The Balaban J connectivity index is 1.89. The highest BCUT2D eigenvalue weighted by molar-refractivity contribution is 6.30. The summed E-state index contributed by atoms with van der Waals surface area (Å²) in [4.78, 5) is 15.3. The first kappa shape index (κ1) is 17.0. The number of hydrogen-bond donors (Lipinski definition) is 1. The molecule has 0 saturated carbocycles. The van der Waals surface area contributed by atoms with E-state index in [0.717, 1.165) is 22.6 Å². The van der Waals surface area contributed by atoms with Crippen molar-refractivity contribution in [3.63, 3.8) is 0 Å². The van der Waals surface area contributed by atoms with Crippen molar-refractivity contribution in [3.8, 4) is 5.69 Å². The number of carboxylic acids is 1. The van der Waals surface area contributed by atoms with Gasteiger partial charge in [-0.15, -0.1) is 0 Å². The fourth-order valence-electron chi connectivity index (χ4n) is 2.74. The molecular weight excluding hydrogens is 336 g/mol. The Bertz CT molecular complexity index is 939. The molecule has 1 N–H and O–H groups in total. The fourth-order valence-corrected chi connectivity index (χ4v) is 2.87. The van der Waals surface area contributed by atoms with Crippen LogP contribution in [-0.4, -0.2) is 21.9 Å². The van der Waals surface area contributed by atoms with Crippen LogP contribution in [0.15, 0.2) is 59.6 Å². The molecule has 3 aromatic rings. The number of rotatable bonds is 4. The van der Waals surface area contributed by atoms with Gasteiger partial charge in [-0.1, -0.05) is 11.6 Å². The molecule has 25 heavy (non-hydrogen) atoms. The quantitative estimate of drug-likeness (QED) is 0.656. The molecule has 0 unspecified atom stereocenters. The van der Waals surface area contributed by atoms with E-state index < -0.39 is 5.97 Å². The molecule has 1 aromatic heterocycles. The van der Waals surface area contributed by atoms with Crippen LogP contribution in [0.5, 0.6) is 0 Å². The Morgan fingerprint density at radius 2 is 1.72 bits per heavy atom. The molecule has 4 nitrogen and oxygen atoms in total. The summed E-state index contributed by atoms with van der Waals surface area (Å²) in [7, 11) is 0. The summed E-state index contributed by atoms with van der Waals surface area (Å²) in [5, 5.41) is 9.64. The van der Waals surface area contributed by atoms with Gasteiger partial charge >= 0.3 is 5.97 Å². The number of aromatic carboxylic acids is 1. The van der Waals surface area contributed by atoms with Crippen LogP contribution in [0.1, 0.15) is 27.3 Å². The highest BCUT2D eigenvalue weighted by Crippen LogP contribution is 2.22. The summed E-state index contributed by atoms with van der Waals surface area (Å²) in [5.74, 6) is -0.943. The number of aryl methyl sites for hydroxylation is 1. The van der Waals surface area contributed by atoms with Crippen molar-refractivity contribution in [2.75, 3.05) is 0 Å². The number of aromatic nitrogens is 1. The molecule has 5 heteroatoms. The van der Waals surface area contributed by atoms with Crippen LogP contribution in [0.25, 0.3) is 5.69 Å². The monoisotopic (exact) mass is 352 g/mol. The van der Waals surface area contributed by atoms with E-state index in [-0.39, 0.29) is 5.56 Å². The van der Waals surface area contributed by atoms with E-state index in [1.54, 1.807) is 30.5 Å². The van der Waals surface area contributed by atoms with Crippen LogP contribution in [0.4, 0.5) is 5.69 Å². The average molecular weight is 353 g/mol. The average Bonchev–Trinajstić information content (AvgIpc) is 2.88. The van der Waals surface area contributed by atoms with Gasteiger partial charge in [-0.2, -0.15) is 0 Å². The normalized spacial score (nSPS) is 11.2. The Labute approximate surface area is 151 Å². The van der Waals surface area contributed by atoms with Crippen LogP contribution >= 0.6 is 11.6 Å². The van der Waals surface area contributed by atoms with Crippen LogP contribution in [0.3, 0.4) is 0 Å². The highest BCUT2D eigenvalue weighted by Gasteiger charge is 2.09. The van der Waals surface area contributed by atoms with E-state index in [0.29, 0.717) is 10.7 Å². The summed E-state index contributed by atoms with van der Waals surface area (Å²) < 4.78 is 2.14. The summed E-state index contributed by atoms with van der Waals surface area (Å²) in [6, 6.07) is 16.2. The Hall–Kier alpha value is -2.85. The molecule has 0 radical (unpaired) electrons. The molecule has 126 valence electrons. The maximum Gasteiger partial charge on any atom is 0.335 e. The molecule has 0 fully saturated rings. The van der Waals surface area contributed by atoms with E-state index >= 15 is 0 Å². The van der Waals surface area contributed by atoms with Crippen LogP contribution in [-0.2, 0) is 0 Å². The number of hydrogen-bond acceptors (Lipinski definition) is 2. The zero-order valence-corrected chi connectivity index (χ0v) is 14.7. The van der Waals surface area contributed by atoms with Crippen LogP contribution in [0, 0.1) is 13.8 Å². The van der Waals surface area contributed by atoms with Gasteiger partial charge < -0.3 is 9.67 Å². The lowest BCUT2D eigenvalue weighted by Crippen LogP contribution is -1.99. The molecule has 3 rings (SSSR count). The molecule has 2 aromatic carbocycles. The van der Waals surface area contributed by atoms with Gasteiger partial charge in [-0.25, -0.2) is 4.79 Å². The zero-order chi connectivity index (χ0) is 18.0.